The third-order valence-electron chi connectivity index (χ3n) is 3.42. The van der Waals surface area contributed by atoms with E-state index in [4.69, 9.17) is 4.98 Å². The number of nitrogens with one attached hydrogen (secondary N) is 2. The highest BCUT2D eigenvalue weighted by atomic mass is 127. The Hall–Kier alpha value is -0.740. The van der Waals surface area contributed by atoms with Gasteiger partial charge in [0.05, 0.1) is 29.5 Å². The first kappa shape index (κ1) is 22.3. The second-order valence-electron chi connectivity index (χ2n) is 6.69. The fourth-order valence-corrected chi connectivity index (χ4v) is 3.77. The van der Waals surface area contributed by atoms with Gasteiger partial charge in [0.15, 0.2) is 5.96 Å². The molecule has 2 aromatic heterocycles. The van der Waals surface area contributed by atoms with Gasteiger partial charge in [-0.25, -0.2) is 15.0 Å². The summed E-state index contributed by atoms with van der Waals surface area (Å²) in [6, 6.07) is 0. The van der Waals surface area contributed by atoms with Crippen molar-refractivity contribution in [1.82, 2.24) is 20.6 Å². The van der Waals surface area contributed by atoms with Crippen LogP contribution in [0.4, 0.5) is 0 Å². The first-order chi connectivity index (χ1) is 11.3. The van der Waals surface area contributed by atoms with Gasteiger partial charge in [0.25, 0.3) is 0 Å². The van der Waals surface area contributed by atoms with E-state index in [1.54, 1.807) is 22.7 Å². The number of hydrogen-bond donors (Lipinski definition) is 2. The van der Waals surface area contributed by atoms with Crippen molar-refractivity contribution in [2.45, 2.75) is 60.0 Å². The van der Waals surface area contributed by atoms with Crippen LogP contribution in [-0.2, 0) is 18.5 Å². The Kier molecular flexibility index (Phi) is 8.76. The van der Waals surface area contributed by atoms with Crippen molar-refractivity contribution < 1.29 is 0 Å². The molecule has 0 aliphatic carbocycles. The Balaban J connectivity index is 0.00000312. The van der Waals surface area contributed by atoms with Gasteiger partial charge in [-0.15, -0.1) is 46.7 Å². The Labute approximate surface area is 175 Å². The molecule has 5 nitrogen and oxygen atoms in total. The molecule has 140 valence electrons. The summed E-state index contributed by atoms with van der Waals surface area (Å²) in [4.78, 5) is 15.2. The summed E-state index contributed by atoms with van der Waals surface area (Å²) in [5.74, 6) is 0.799. The molecule has 0 radical (unpaired) electrons. The number of aromatic nitrogens is 2. The zero-order valence-electron chi connectivity index (χ0n) is 15.8. The van der Waals surface area contributed by atoms with Crippen LogP contribution in [0.2, 0.25) is 0 Å². The Morgan fingerprint density at radius 3 is 2.44 bits per heavy atom. The molecule has 0 atom stereocenters. The van der Waals surface area contributed by atoms with E-state index in [0.29, 0.717) is 13.1 Å². The first-order valence-corrected chi connectivity index (χ1v) is 9.89. The van der Waals surface area contributed by atoms with E-state index < -0.39 is 0 Å². The predicted molar refractivity (Wildman–Crippen MR) is 119 cm³/mol. The summed E-state index contributed by atoms with van der Waals surface area (Å²) in [5, 5.41) is 11.0. The molecular formula is C17H28IN5S2. The molecule has 2 rings (SSSR count). The van der Waals surface area contributed by atoms with Crippen LogP contribution in [0.25, 0.3) is 0 Å². The van der Waals surface area contributed by atoms with Gasteiger partial charge < -0.3 is 10.6 Å². The second-order valence-corrected chi connectivity index (χ2v) is 8.84. The van der Waals surface area contributed by atoms with Crippen LogP contribution in [0.1, 0.15) is 54.0 Å². The van der Waals surface area contributed by atoms with E-state index in [1.165, 1.54) is 4.88 Å². The van der Waals surface area contributed by atoms with Gasteiger partial charge in [-0.1, -0.05) is 20.8 Å². The number of hydrogen-bond acceptors (Lipinski definition) is 5. The summed E-state index contributed by atoms with van der Waals surface area (Å²) in [5.41, 5.74) is 2.22. The van der Waals surface area contributed by atoms with Gasteiger partial charge in [0.1, 0.15) is 5.01 Å². The SMILES string of the molecule is CCNC(=NCc1csc(C(C)(C)C)n1)NCc1nc(C)c(C)s1.I. The fraction of sp³-hybridized carbons (Fsp3) is 0.588. The molecule has 2 N–H and O–H groups in total. The number of aryl methyl sites for hydroxylation is 2. The average Bonchev–Trinajstić information content (AvgIpc) is 3.09. The van der Waals surface area contributed by atoms with Crippen molar-refractivity contribution >= 4 is 52.6 Å². The molecule has 8 heteroatoms. The van der Waals surface area contributed by atoms with Crippen molar-refractivity contribution in [2.75, 3.05) is 6.54 Å². The zero-order valence-corrected chi connectivity index (χ0v) is 19.7. The molecule has 0 aromatic carbocycles. The minimum absolute atomic E-state index is 0. The quantitative estimate of drug-likeness (QED) is 0.369. The van der Waals surface area contributed by atoms with Crippen molar-refractivity contribution in [3.63, 3.8) is 0 Å². The zero-order chi connectivity index (χ0) is 17.7. The highest BCUT2D eigenvalue weighted by Gasteiger charge is 2.17. The van der Waals surface area contributed by atoms with Crippen molar-refractivity contribution in [3.8, 4) is 0 Å². The Morgan fingerprint density at radius 2 is 1.92 bits per heavy atom. The minimum atomic E-state index is 0. The number of nitrogens with zero attached hydrogens (tertiary/aromatic N) is 3. The topological polar surface area (TPSA) is 62.2 Å². The van der Waals surface area contributed by atoms with Crippen LogP contribution in [-0.4, -0.2) is 22.5 Å². The summed E-state index contributed by atoms with van der Waals surface area (Å²) in [6.45, 7) is 14.9. The molecule has 0 unspecified atom stereocenters. The van der Waals surface area contributed by atoms with Gasteiger partial charge in [0.2, 0.25) is 0 Å². The van der Waals surface area contributed by atoms with E-state index in [-0.39, 0.29) is 29.4 Å². The molecule has 0 spiro atoms. The maximum absolute atomic E-state index is 4.69. The lowest BCUT2D eigenvalue weighted by Crippen LogP contribution is -2.36. The van der Waals surface area contributed by atoms with Crippen molar-refractivity contribution in [1.29, 1.82) is 0 Å². The van der Waals surface area contributed by atoms with E-state index in [2.05, 4.69) is 60.6 Å². The smallest absolute Gasteiger partial charge is 0.191 e. The van der Waals surface area contributed by atoms with Crippen molar-refractivity contribution in [2.24, 2.45) is 4.99 Å². The summed E-state index contributed by atoms with van der Waals surface area (Å²) in [6.07, 6.45) is 0. The monoisotopic (exact) mass is 493 g/mol. The lowest BCUT2D eigenvalue weighted by Gasteiger charge is -2.13. The van der Waals surface area contributed by atoms with E-state index in [0.717, 1.165) is 33.9 Å². The highest BCUT2D eigenvalue weighted by molar-refractivity contribution is 14.0. The number of thiazole rings is 2. The summed E-state index contributed by atoms with van der Waals surface area (Å²) >= 11 is 3.43. The Morgan fingerprint density at radius 1 is 1.20 bits per heavy atom. The highest BCUT2D eigenvalue weighted by Crippen LogP contribution is 2.25. The summed E-state index contributed by atoms with van der Waals surface area (Å²) < 4.78 is 0. The van der Waals surface area contributed by atoms with Crippen LogP contribution in [0.15, 0.2) is 10.4 Å². The van der Waals surface area contributed by atoms with Crippen molar-refractivity contribution in [3.05, 3.63) is 31.7 Å². The molecule has 0 saturated carbocycles. The fourth-order valence-electron chi connectivity index (χ4n) is 2.00. The molecule has 2 aromatic rings. The maximum Gasteiger partial charge on any atom is 0.191 e. The molecule has 0 saturated heterocycles. The number of halogens is 1. The lowest BCUT2D eigenvalue weighted by molar-refractivity contribution is 0.583. The van der Waals surface area contributed by atoms with Crippen LogP contribution < -0.4 is 10.6 Å². The number of rotatable bonds is 5. The Bertz CT molecular complexity index is 681. The maximum atomic E-state index is 4.69. The van der Waals surface area contributed by atoms with Gasteiger partial charge >= 0.3 is 0 Å². The molecule has 0 amide bonds. The molecule has 0 bridgehead atoms. The standard InChI is InChI=1S/C17H27N5S2.HI/c1-7-18-16(20-9-14-21-11(2)12(3)24-14)19-8-13-10-23-15(22-13)17(4,5)6;/h10H,7-9H2,1-6H3,(H2,18,19,20);1H. The minimum Gasteiger partial charge on any atom is -0.357 e. The predicted octanol–water partition coefficient (Wildman–Crippen LogP) is 4.39. The molecule has 0 fully saturated rings. The average molecular weight is 493 g/mol. The third-order valence-corrected chi connectivity index (χ3v) is 5.81. The van der Waals surface area contributed by atoms with Crippen LogP contribution >= 0.6 is 46.7 Å². The molecule has 25 heavy (non-hydrogen) atoms. The van der Waals surface area contributed by atoms with Crippen LogP contribution in [0.3, 0.4) is 0 Å². The van der Waals surface area contributed by atoms with Gasteiger partial charge in [-0.05, 0) is 20.8 Å². The van der Waals surface area contributed by atoms with Gasteiger partial charge in [-0.3, -0.25) is 0 Å². The third kappa shape index (κ3) is 6.82. The largest absolute Gasteiger partial charge is 0.357 e. The molecular weight excluding hydrogens is 465 g/mol. The van der Waals surface area contributed by atoms with Crippen LogP contribution in [0, 0.1) is 13.8 Å². The summed E-state index contributed by atoms with van der Waals surface area (Å²) in [7, 11) is 0. The van der Waals surface area contributed by atoms with E-state index in [9.17, 15) is 0 Å². The van der Waals surface area contributed by atoms with Crippen LogP contribution in [0.5, 0.6) is 0 Å². The molecule has 2 heterocycles. The van der Waals surface area contributed by atoms with E-state index >= 15 is 0 Å². The molecule has 0 aliphatic heterocycles. The van der Waals surface area contributed by atoms with E-state index in [1.807, 2.05) is 6.92 Å². The lowest BCUT2D eigenvalue weighted by atomic mass is 9.98. The number of guanidine groups is 1. The second kappa shape index (κ2) is 9.82. The first-order valence-electron chi connectivity index (χ1n) is 8.19. The normalized spacial score (nSPS) is 12.0. The molecule has 0 aliphatic rings. The van der Waals surface area contributed by atoms with Gasteiger partial charge in [-0.2, -0.15) is 0 Å². The van der Waals surface area contributed by atoms with Gasteiger partial charge in [0, 0.05) is 22.2 Å². The number of aliphatic imine (C=N–C) groups is 1.